The Morgan fingerprint density at radius 2 is 2.00 bits per heavy atom. The average molecular weight is 384 g/mol. The maximum absolute atomic E-state index is 12.2. The number of hydrogen-bond acceptors (Lipinski definition) is 4. The predicted octanol–water partition coefficient (Wildman–Crippen LogP) is 3.47. The molecule has 0 spiro atoms. The summed E-state index contributed by atoms with van der Waals surface area (Å²) in [7, 11) is 0. The van der Waals surface area contributed by atoms with Gasteiger partial charge in [0.1, 0.15) is 5.60 Å². The zero-order chi connectivity index (χ0) is 17.0. The molecule has 2 rings (SSSR count). The van der Waals surface area contributed by atoms with E-state index in [1.54, 1.807) is 4.90 Å². The van der Waals surface area contributed by atoms with Crippen molar-refractivity contribution in [2.75, 3.05) is 31.9 Å². The van der Waals surface area contributed by atoms with E-state index in [1.165, 1.54) is 5.56 Å². The first-order valence-electron chi connectivity index (χ1n) is 7.99. The number of carbonyl (C=O) groups excluding carboxylic acids is 1. The number of nitrogen functional groups attached to an aromatic ring is 1. The number of halogens is 1. The van der Waals surface area contributed by atoms with Crippen LogP contribution in [0.5, 0.6) is 0 Å². The second-order valence-electron chi connectivity index (χ2n) is 6.92. The van der Waals surface area contributed by atoms with Crippen LogP contribution < -0.4 is 5.73 Å². The third kappa shape index (κ3) is 5.39. The van der Waals surface area contributed by atoms with Crippen LogP contribution in [0.1, 0.15) is 32.8 Å². The SMILES string of the molecule is CC(C)(C)OC(=O)N1CCCN(Cc2cccc(N)c2Br)CC1. The first-order chi connectivity index (χ1) is 10.8. The molecule has 1 heterocycles. The average Bonchev–Trinajstić information content (AvgIpc) is 2.68. The summed E-state index contributed by atoms with van der Waals surface area (Å²) in [5, 5.41) is 0. The zero-order valence-corrected chi connectivity index (χ0v) is 15.7. The van der Waals surface area contributed by atoms with E-state index in [0.717, 1.165) is 42.8 Å². The Hall–Kier alpha value is -1.27. The van der Waals surface area contributed by atoms with E-state index in [4.69, 9.17) is 10.5 Å². The van der Waals surface area contributed by atoms with Gasteiger partial charge in [0.2, 0.25) is 0 Å². The molecule has 6 heteroatoms. The van der Waals surface area contributed by atoms with Gasteiger partial charge in [-0.15, -0.1) is 0 Å². The molecule has 5 nitrogen and oxygen atoms in total. The van der Waals surface area contributed by atoms with Crippen LogP contribution in [0.4, 0.5) is 10.5 Å². The molecule has 0 unspecified atom stereocenters. The molecule has 1 amide bonds. The van der Waals surface area contributed by atoms with Crippen LogP contribution in [0.25, 0.3) is 0 Å². The summed E-state index contributed by atoms with van der Waals surface area (Å²) in [6.07, 6.45) is 0.726. The largest absolute Gasteiger partial charge is 0.444 e. The number of carbonyl (C=O) groups is 1. The van der Waals surface area contributed by atoms with Gasteiger partial charge in [-0.3, -0.25) is 4.90 Å². The van der Waals surface area contributed by atoms with Crippen LogP contribution in [-0.4, -0.2) is 47.7 Å². The summed E-state index contributed by atoms with van der Waals surface area (Å²) in [5.41, 5.74) is 7.43. The zero-order valence-electron chi connectivity index (χ0n) is 14.1. The number of anilines is 1. The number of nitrogens with zero attached hydrogens (tertiary/aromatic N) is 2. The summed E-state index contributed by atoms with van der Waals surface area (Å²) < 4.78 is 6.43. The molecule has 1 aliphatic heterocycles. The summed E-state index contributed by atoms with van der Waals surface area (Å²) in [6.45, 7) is 9.73. The van der Waals surface area contributed by atoms with Crippen molar-refractivity contribution in [2.24, 2.45) is 0 Å². The van der Waals surface area contributed by atoms with Crippen molar-refractivity contribution in [3.05, 3.63) is 28.2 Å². The summed E-state index contributed by atoms with van der Waals surface area (Å²) in [6, 6.07) is 5.94. The highest BCUT2D eigenvalue weighted by Gasteiger charge is 2.24. The molecule has 0 bridgehead atoms. The number of rotatable bonds is 2. The number of benzene rings is 1. The minimum atomic E-state index is -0.449. The molecule has 0 saturated carbocycles. The smallest absolute Gasteiger partial charge is 0.410 e. The van der Waals surface area contributed by atoms with Crippen LogP contribution >= 0.6 is 15.9 Å². The number of amides is 1. The Morgan fingerprint density at radius 1 is 1.26 bits per heavy atom. The molecule has 128 valence electrons. The summed E-state index contributed by atoms with van der Waals surface area (Å²) in [5.74, 6) is 0. The lowest BCUT2D eigenvalue weighted by Gasteiger charge is -2.26. The van der Waals surface area contributed by atoms with Gasteiger partial charge in [-0.2, -0.15) is 0 Å². The second kappa shape index (κ2) is 7.53. The highest BCUT2D eigenvalue weighted by atomic mass is 79.9. The Morgan fingerprint density at radius 3 is 2.70 bits per heavy atom. The van der Waals surface area contributed by atoms with Crippen molar-refractivity contribution in [1.29, 1.82) is 0 Å². The Kier molecular flexibility index (Phi) is 5.92. The molecule has 1 aromatic carbocycles. The molecule has 23 heavy (non-hydrogen) atoms. The second-order valence-corrected chi connectivity index (χ2v) is 7.71. The predicted molar refractivity (Wildman–Crippen MR) is 96.3 cm³/mol. The highest BCUT2D eigenvalue weighted by molar-refractivity contribution is 9.10. The summed E-state index contributed by atoms with van der Waals surface area (Å²) in [4.78, 5) is 16.3. The van der Waals surface area contributed by atoms with Gasteiger partial charge in [0.15, 0.2) is 0 Å². The number of nitrogens with two attached hydrogens (primary N) is 1. The number of hydrogen-bond donors (Lipinski definition) is 1. The van der Waals surface area contributed by atoms with Crippen LogP contribution in [0.15, 0.2) is 22.7 Å². The van der Waals surface area contributed by atoms with Crippen molar-refractivity contribution in [3.8, 4) is 0 Å². The number of ether oxygens (including phenoxy) is 1. The Labute approximate surface area is 146 Å². The van der Waals surface area contributed by atoms with E-state index in [-0.39, 0.29) is 6.09 Å². The fraction of sp³-hybridized carbons (Fsp3) is 0.588. The van der Waals surface area contributed by atoms with Gasteiger partial charge in [-0.05, 0) is 54.8 Å². The minimum Gasteiger partial charge on any atom is -0.444 e. The molecule has 2 N–H and O–H groups in total. The van der Waals surface area contributed by atoms with E-state index in [0.29, 0.717) is 6.54 Å². The van der Waals surface area contributed by atoms with Gasteiger partial charge in [0, 0.05) is 42.9 Å². The van der Waals surface area contributed by atoms with Gasteiger partial charge < -0.3 is 15.4 Å². The Balaban J connectivity index is 1.93. The van der Waals surface area contributed by atoms with Gasteiger partial charge in [-0.1, -0.05) is 12.1 Å². The van der Waals surface area contributed by atoms with E-state index in [9.17, 15) is 4.79 Å². The first kappa shape index (κ1) is 18.1. The van der Waals surface area contributed by atoms with Crippen LogP contribution in [-0.2, 0) is 11.3 Å². The Bertz CT molecular complexity index is 557. The van der Waals surface area contributed by atoms with Crippen LogP contribution in [0, 0.1) is 0 Å². The maximum atomic E-state index is 12.2. The van der Waals surface area contributed by atoms with Gasteiger partial charge in [0.05, 0.1) is 0 Å². The van der Waals surface area contributed by atoms with Crippen molar-refractivity contribution in [1.82, 2.24) is 9.80 Å². The standard InChI is InChI=1S/C17H26BrN3O2/c1-17(2,3)23-16(22)21-9-5-8-20(10-11-21)12-13-6-4-7-14(19)15(13)18/h4,6-7H,5,8-12,19H2,1-3H3. The molecule has 0 aromatic heterocycles. The molecule has 1 fully saturated rings. The molecule has 0 radical (unpaired) electrons. The summed E-state index contributed by atoms with van der Waals surface area (Å²) >= 11 is 3.56. The lowest BCUT2D eigenvalue weighted by atomic mass is 10.2. The van der Waals surface area contributed by atoms with Gasteiger partial charge >= 0.3 is 6.09 Å². The fourth-order valence-corrected chi connectivity index (χ4v) is 2.99. The normalized spacial score (nSPS) is 17.0. The molecule has 0 aliphatic carbocycles. The quantitative estimate of drug-likeness (QED) is 0.794. The fourth-order valence-electron chi connectivity index (χ4n) is 2.60. The van der Waals surface area contributed by atoms with E-state index < -0.39 is 5.60 Å². The van der Waals surface area contributed by atoms with Crippen molar-refractivity contribution in [2.45, 2.75) is 39.3 Å². The monoisotopic (exact) mass is 383 g/mol. The van der Waals surface area contributed by atoms with E-state index >= 15 is 0 Å². The molecule has 1 aliphatic rings. The minimum absolute atomic E-state index is 0.218. The van der Waals surface area contributed by atoms with E-state index in [1.807, 2.05) is 32.9 Å². The van der Waals surface area contributed by atoms with E-state index in [2.05, 4.69) is 26.9 Å². The van der Waals surface area contributed by atoms with Crippen molar-refractivity contribution < 1.29 is 9.53 Å². The lowest BCUT2D eigenvalue weighted by molar-refractivity contribution is 0.0257. The molecule has 1 saturated heterocycles. The van der Waals surface area contributed by atoms with Crippen molar-refractivity contribution in [3.63, 3.8) is 0 Å². The van der Waals surface area contributed by atoms with Gasteiger partial charge in [-0.25, -0.2) is 4.79 Å². The van der Waals surface area contributed by atoms with Crippen molar-refractivity contribution >= 4 is 27.7 Å². The third-order valence-corrected chi connectivity index (χ3v) is 4.71. The lowest BCUT2D eigenvalue weighted by Crippen LogP contribution is -2.39. The molecule has 0 atom stereocenters. The van der Waals surface area contributed by atoms with Crippen LogP contribution in [0.2, 0.25) is 0 Å². The van der Waals surface area contributed by atoms with Gasteiger partial charge in [0.25, 0.3) is 0 Å². The molecular weight excluding hydrogens is 358 g/mol. The topological polar surface area (TPSA) is 58.8 Å². The van der Waals surface area contributed by atoms with Crippen LogP contribution in [0.3, 0.4) is 0 Å². The first-order valence-corrected chi connectivity index (χ1v) is 8.79. The third-order valence-electron chi connectivity index (χ3n) is 3.74. The molecule has 1 aromatic rings. The molecular formula is C17H26BrN3O2. The highest BCUT2D eigenvalue weighted by Crippen LogP contribution is 2.25. The maximum Gasteiger partial charge on any atom is 0.410 e.